The Kier molecular flexibility index (Phi) is 2.40. The van der Waals surface area contributed by atoms with Crippen molar-refractivity contribution in [2.75, 3.05) is 6.54 Å². The normalized spacial score (nSPS) is 24.6. The summed E-state index contributed by atoms with van der Waals surface area (Å²) < 4.78 is 15.7. The lowest BCUT2D eigenvalue weighted by atomic mass is 10.0. The first-order valence-electron chi connectivity index (χ1n) is 6.02. The van der Waals surface area contributed by atoms with Gasteiger partial charge in [0.1, 0.15) is 11.3 Å². The average Bonchev–Trinajstić information content (AvgIpc) is 2.85. The summed E-state index contributed by atoms with van der Waals surface area (Å²) in [6.45, 7) is 3.17. The molecular formula is C13H16FN3. The summed E-state index contributed by atoms with van der Waals surface area (Å²) in [5, 5.41) is 3.41. The Balaban J connectivity index is 2.17. The Morgan fingerprint density at radius 2 is 2.29 bits per heavy atom. The first kappa shape index (κ1) is 10.7. The maximum atomic E-state index is 13.7. The van der Waals surface area contributed by atoms with Crippen LogP contribution in [0.25, 0.3) is 11.0 Å². The molecule has 0 saturated carbocycles. The highest BCUT2D eigenvalue weighted by Gasteiger charge is 2.28. The van der Waals surface area contributed by atoms with E-state index >= 15 is 0 Å². The van der Waals surface area contributed by atoms with E-state index in [-0.39, 0.29) is 5.82 Å². The third-order valence-corrected chi connectivity index (χ3v) is 3.75. The predicted octanol–water partition coefficient (Wildman–Crippen LogP) is 2.18. The lowest BCUT2D eigenvalue weighted by Crippen LogP contribution is -2.23. The van der Waals surface area contributed by atoms with Crippen molar-refractivity contribution < 1.29 is 4.39 Å². The van der Waals surface area contributed by atoms with Gasteiger partial charge in [0, 0.05) is 19.0 Å². The van der Waals surface area contributed by atoms with Crippen molar-refractivity contribution in [3.8, 4) is 0 Å². The largest absolute Gasteiger partial charge is 0.331 e. The van der Waals surface area contributed by atoms with Crippen molar-refractivity contribution in [2.24, 2.45) is 7.05 Å². The highest BCUT2D eigenvalue weighted by Crippen LogP contribution is 2.29. The van der Waals surface area contributed by atoms with Gasteiger partial charge in [0.25, 0.3) is 0 Å². The summed E-state index contributed by atoms with van der Waals surface area (Å²) in [6, 6.07) is 5.53. The van der Waals surface area contributed by atoms with E-state index in [9.17, 15) is 4.39 Å². The number of imidazole rings is 1. The molecule has 0 bridgehead atoms. The third-order valence-electron chi connectivity index (χ3n) is 3.75. The highest BCUT2D eigenvalue weighted by molar-refractivity contribution is 5.76. The number of para-hydroxylation sites is 1. The van der Waals surface area contributed by atoms with Crippen LogP contribution in [0.3, 0.4) is 0 Å². The second-order valence-corrected chi connectivity index (χ2v) is 4.77. The minimum absolute atomic E-state index is 0.233. The van der Waals surface area contributed by atoms with Crippen LogP contribution in [-0.4, -0.2) is 22.1 Å². The van der Waals surface area contributed by atoms with Crippen molar-refractivity contribution in [1.29, 1.82) is 0 Å². The first-order valence-corrected chi connectivity index (χ1v) is 6.02. The van der Waals surface area contributed by atoms with Gasteiger partial charge in [0.05, 0.1) is 5.52 Å². The zero-order chi connectivity index (χ0) is 12.0. The Bertz CT molecular complexity index is 561. The summed E-state index contributed by atoms with van der Waals surface area (Å²) in [4.78, 5) is 4.49. The zero-order valence-electron chi connectivity index (χ0n) is 10.1. The Labute approximate surface area is 99.7 Å². The summed E-state index contributed by atoms with van der Waals surface area (Å²) >= 11 is 0. The minimum Gasteiger partial charge on any atom is -0.331 e. The lowest BCUT2D eigenvalue weighted by molar-refractivity contribution is 0.554. The molecule has 1 saturated heterocycles. The summed E-state index contributed by atoms with van der Waals surface area (Å²) in [7, 11) is 1.97. The molecule has 1 aliphatic rings. The van der Waals surface area contributed by atoms with Crippen LogP contribution in [0.15, 0.2) is 18.2 Å². The Hall–Kier alpha value is -1.42. The van der Waals surface area contributed by atoms with Gasteiger partial charge in [0.15, 0.2) is 5.82 Å². The van der Waals surface area contributed by atoms with Crippen LogP contribution in [-0.2, 0) is 7.05 Å². The number of fused-ring (bicyclic) bond motifs is 1. The molecule has 0 amide bonds. The molecule has 2 aromatic rings. The molecule has 2 heterocycles. The number of hydrogen-bond acceptors (Lipinski definition) is 2. The van der Waals surface area contributed by atoms with E-state index in [1.165, 1.54) is 6.07 Å². The number of hydrogen-bond donors (Lipinski definition) is 1. The van der Waals surface area contributed by atoms with Crippen LogP contribution in [0.2, 0.25) is 0 Å². The average molecular weight is 233 g/mol. The van der Waals surface area contributed by atoms with Gasteiger partial charge in [-0.1, -0.05) is 6.07 Å². The molecule has 0 aliphatic carbocycles. The SMILES string of the molecule is CC1NCCC1c1nc2c(F)cccc2n1C. The van der Waals surface area contributed by atoms with Gasteiger partial charge in [-0.15, -0.1) is 0 Å². The standard InChI is InChI=1S/C13H16FN3/c1-8-9(6-7-15-8)13-16-12-10(14)4-3-5-11(12)17(13)2/h3-5,8-9,15H,6-7H2,1-2H3. The first-order chi connectivity index (χ1) is 8.18. The molecule has 1 aromatic heterocycles. The van der Waals surface area contributed by atoms with E-state index in [1.54, 1.807) is 6.07 Å². The highest BCUT2D eigenvalue weighted by atomic mass is 19.1. The molecule has 4 heteroatoms. The summed E-state index contributed by atoms with van der Waals surface area (Å²) in [5.74, 6) is 1.14. The maximum absolute atomic E-state index is 13.7. The second-order valence-electron chi connectivity index (χ2n) is 4.77. The smallest absolute Gasteiger partial charge is 0.151 e. The minimum atomic E-state index is -0.233. The van der Waals surface area contributed by atoms with Crippen molar-refractivity contribution in [2.45, 2.75) is 25.3 Å². The molecule has 3 rings (SSSR count). The molecule has 1 aromatic carbocycles. The fourth-order valence-electron chi connectivity index (χ4n) is 2.74. The van der Waals surface area contributed by atoms with E-state index < -0.39 is 0 Å². The quantitative estimate of drug-likeness (QED) is 0.818. The van der Waals surface area contributed by atoms with Crippen LogP contribution < -0.4 is 5.32 Å². The number of nitrogens with zero attached hydrogens (tertiary/aromatic N) is 2. The molecule has 1 fully saturated rings. The predicted molar refractivity (Wildman–Crippen MR) is 65.5 cm³/mol. The van der Waals surface area contributed by atoms with Crippen molar-refractivity contribution in [3.05, 3.63) is 29.8 Å². The molecule has 0 radical (unpaired) electrons. The van der Waals surface area contributed by atoms with Crippen molar-refractivity contribution in [1.82, 2.24) is 14.9 Å². The van der Waals surface area contributed by atoms with E-state index in [0.717, 1.165) is 24.3 Å². The van der Waals surface area contributed by atoms with Crippen LogP contribution in [0.1, 0.15) is 25.1 Å². The van der Waals surface area contributed by atoms with Gasteiger partial charge in [-0.2, -0.15) is 0 Å². The number of halogens is 1. The Morgan fingerprint density at radius 3 is 2.94 bits per heavy atom. The van der Waals surface area contributed by atoms with Crippen LogP contribution >= 0.6 is 0 Å². The maximum Gasteiger partial charge on any atom is 0.151 e. The zero-order valence-corrected chi connectivity index (χ0v) is 10.1. The topological polar surface area (TPSA) is 29.9 Å². The van der Waals surface area contributed by atoms with E-state index in [1.807, 2.05) is 17.7 Å². The number of benzene rings is 1. The molecule has 3 nitrogen and oxygen atoms in total. The van der Waals surface area contributed by atoms with E-state index in [2.05, 4.69) is 17.2 Å². The van der Waals surface area contributed by atoms with Gasteiger partial charge in [-0.25, -0.2) is 9.37 Å². The fraction of sp³-hybridized carbons (Fsp3) is 0.462. The monoisotopic (exact) mass is 233 g/mol. The number of aromatic nitrogens is 2. The number of nitrogens with one attached hydrogen (secondary N) is 1. The molecule has 0 spiro atoms. The Morgan fingerprint density at radius 1 is 1.47 bits per heavy atom. The van der Waals surface area contributed by atoms with E-state index in [4.69, 9.17) is 0 Å². The fourth-order valence-corrected chi connectivity index (χ4v) is 2.74. The van der Waals surface area contributed by atoms with Gasteiger partial charge in [-0.3, -0.25) is 0 Å². The second kappa shape index (κ2) is 3.81. The van der Waals surface area contributed by atoms with Crippen LogP contribution in [0.4, 0.5) is 4.39 Å². The van der Waals surface area contributed by atoms with Gasteiger partial charge in [0.2, 0.25) is 0 Å². The van der Waals surface area contributed by atoms with Gasteiger partial charge >= 0.3 is 0 Å². The molecule has 2 unspecified atom stereocenters. The molecule has 1 aliphatic heterocycles. The van der Waals surface area contributed by atoms with Gasteiger partial charge in [-0.05, 0) is 32.0 Å². The summed E-state index contributed by atoms with van der Waals surface area (Å²) in [6.07, 6.45) is 1.07. The molecule has 17 heavy (non-hydrogen) atoms. The number of aryl methyl sites for hydroxylation is 1. The van der Waals surface area contributed by atoms with Gasteiger partial charge < -0.3 is 9.88 Å². The lowest BCUT2D eigenvalue weighted by Gasteiger charge is -2.14. The molecule has 90 valence electrons. The molecular weight excluding hydrogens is 217 g/mol. The molecule has 1 N–H and O–H groups in total. The molecule has 2 atom stereocenters. The third kappa shape index (κ3) is 1.55. The van der Waals surface area contributed by atoms with Crippen molar-refractivity contribution in [3.63, 3.8) is 0 Å². The van der Waals surface area contributed by atoms with E-state index in [0.29, 0.717) is 17.5 Å². The number of rotatable bonds is 1. The van der Waals surface area contributed by atoms with Crippen molar-refractivity contribution >= 4 is 11.0 Å². The van der Waals surface area contributed by atoms with Crippen LogP contribution in [0.5, 0.6) is 0 Å². The van der Waals surface area contributed by atoms with Crippen LogP contribution in [0, 0.1) is 5.82 Å². The summed E-state index contributed by atoms with van der Waals surface area (Å²) in [5.41, 5.74) is 1.36.